The molecule has 1 amide bonds. The monoisotopic (exact) mass is 360 g/mol. The van der Waals surface area contributed by atoms with E-state index in [4.69, 9.17) is 9.15 Å². The minimum Gasteiger partial charge on any atom is -0.508 e. The van der Waals surface area contributed by atoms with Gasteiger partial charge >= 0.3 is 0 Å². The molecule has 0 saturated heterocycles. The van der Waals surface area contributed by atoms with Crippen molar-refractivity contribution in [3.63, 3.8) is 0 Å². The fraction of sp³-hybridized carbons (Fsp3) is 0.0476. The second-order valence-electron chi connectivity index (χ2n) is 5.92. The molecular formula is C21H16N2O4. The highest BCUT2D eigenvalue weighted by Gasteiger charge is 2.13. The van der Waals surface area contributed by atoms with E-state index in [0.717, 1.165) is 10.9 Å². The summed E-state index contributed by atoms with van der Waals surface area (Å²) in [6.07, 6.45) is 1.69. The van der Waals surface area contributed by atoms with Gasteiger partial charge in [-0.05, 0) is 54.6 Å². The average Bonchev–Trinajstić information content (AvgIpc) is 3.12. The van der Waals surface area contributed by atoms with Crippen LogP contribution in [0.3, 0.4) is 0 Å². The fourth-order valence-electron chi connectivity index (χ4n) is 2.80. The van der Waals surface area contributed by atoms with E-state index >= 15 is 0 Å². The van der Waals surface area contributed by atoms with Crippen LogP contribution < -0.4 is 10.1 Å². The van der Waals surface area contributed by atoms with Crippen molar-refractivity contribution in [1.82, 2.24) is 4.98 Å². The van der Waals surface area contributed by atoms with E-state index in [1.807, 2.05) is 30.3 Å². The normalized spacial score (nSPS) is 10.7. The van der Waals surface area contributed by atoms with Gasteiger partial charge < -0.3 is 19.6 Å². The van der Waals surface area contributed by atoms with Crippen molar-refractivity contribution in [2.75, 3.05) is 12.4 Å². The molecule has 0 saturated carbocycles. The summed E-state index contributed by atoms with van der Waals surface area (Å²) in [5, 5.41) is 13.3. The number of pyridine rings is 1. The van der Waals surface area contributed by atoms with Gasteiger partial charge in [-0.15, -0.1) is 0 Å². The quantitative estimate of drug-likeness (QED) is 0.561. The third kappa shape index (κ3) is 3.32. The van der Waals surface area contributed by atoms with Crippen molar-refractivity contribution >= 4 is 22.7 Å². The third-order valence-electron chi connectivity index (χ3n) is 4.15. The molecule has 27 heavy (non-hydrogen) atoms. The smallest absolute Gasteiger partial charge is 0.259 e. The van der Waals surface area contributed by atoms with Gasteiger partial charge in [0.05, 0.1) is 12.7 Å². The van der Waals surface area contributed by atoms with Crippen molar-refractivity contribution in [3.8, 4) is 22.8 Å². The number of methoxy groups -OCH3 is 1. The number of anilines is 1. The molecule has 0 bridgehead atoms. The summed E-state index contributed by atoms with van der Waals surface area (Å²) in [6.45, 7) is 0. The van der Waals surface area contributed by atoms with Gasteiger partial charge in [-0.3, -0.25) is 4.79 Å². The lowest BCUT2D eigenvalue weighted by Crippen LogP contribution is -2.13. The first kappa shape index (κ1) is 16.7. The Morgan fingerprint density at radius 3 is 2.67 bits per heavy atom. The Labute approximate surface area is 155 Å². The first-order chi connectivity index (χ1) is 13.1. The lowest BCUT2D eigenvalue weighted by Gasteiger charge is -2.10. The highest BCUT2D eigenvalue weighted by atomic mass is 16.5. The summed E-state index contributed by atoms with van der Waals surface area (Å²) >= 11 is 0. The van der Waals surface area contributed by atoms with E-state index in [-0.39, 0.29) is 11.7 Å². The number of hydrogen-bond donors (Lipinski definition) is 2. The second-order valence-corrected chi connectivity index (χ2v) is 5.92. The van der Waals surface area contributed by atoms with Crippen molar-refractivity contribution in [3.05, 3.63) is 72.4 Å². The van der Waals surface area contributed by atoms with Crippen molar-refractivity contribution in [2.45, 2.75) is 0 Å². The lowest BCUT2D eigenvalue weighted by molar-refractivity contribution is 0.102. The number of benzene rings is 2. The van der Waals surface area contributed by atoms with Crippen LogP contribution in [0.4, 0.5) is 5.69 Å². The highest BCUT2D eigenvalue weighted by molar-refractivity contribution is 6.06. The van der Waals surface area contributed by atoms with Gasteiger partial charge in [0.2, 0.25) is 5.71 Å². The molecule has 0 aliphatic rings. The zero-order valence-electron chi connectivity index (χ0n) is 14.5. The maximum absolute atomic E-state index is 12.5. The molecule has 0 atom stereocenters. The fourth-order valence-corrected chi connectivity index (χ4v) is 2.80. The van der Waals surface area contributed by atoms with Crippen molar-refractivity contribution < 1.29 is 19.1 Å². The van der Waals surface area contributed by atoms with Gasteiger partial charge in [-0.1, -0.05) is 0 Å². The van der Waals surface area contributed by atoms with E-state index in [0.29, 0.717) is 28.5 Å². The highest BCUT2D eigenvalue weighted by Crippen LogP contribution is 2.28. The number of amides is 1. The zero-order chi connectivity index (χ0) is 18.8. The van der Waals surface area contributed by atoms with Gasteiger partial charge in [-0.2, -0.15) is 0 Å². The van der Waals surface area contributed by atoms with E-state index in [1.54, 1.807) is 18.3 Å². The van der Waals surface area contributed by atoms with Crippen LogP contribution in [0.2, 0.25) is 0 Å². The number of fused-ring (bicyclic) bond motifs is 1. The van der Waals surface area contributed by atoms with Crippen molar-refractivity contribution in [2.24, 2.45) is 0 Å². The Morgan fingerprint density at radius 1 is 1.11 bits per heavy atom. The minimum atomic E-state index is -0.326. The van der Waals surface area contributed by atoms with E-state index in [1.165, 1.54) is 25.3 Å². The van der Waals surface area contributed by atoms with Crippen LogP contribution in [-0.2, 0) is 0 Å². The van der Waals surface area contributed by atoms with Crippen LogP contribution in [0.1, 0.15) is 10.4 Å². The Morgan fingerprint density at radius 2 is 1.93 bits per heavy atom. The van der Waals surface area contributed by atoms with Crippen LogP contribution >= 0.6 is 0 Å². The Hall–Kier alpha value is -3.80. The predicted molar refractivity (Wildman–Crippen MR) is 102 cm³/mol. The van der Waals surface area contributed by atoms with Crippen LogP contribution in [0.25, 0.3) is 22.4 Å². The molecular weight excluding hydrogens is 344 g/mol. The molecule has 0 unspecified atom stereocenters. The topological polar surface area (TPSA) is 84.6 Å². The molecule has 0 aliphatic heterocycles. The molecule has 0 aliphatic carbocycles. The maximum atomic E-state index is 12.5. The average molecular weight is 360 g/mol. The number of carbonyl (C=O) groups is 1. The Balaban J connectivity index is 1.55. The summed E-state index contributed by atoms with van der Waals surface area (Å²) in [7, 11) is 1.45. The Kier molecular flexibility index (Phi) is 4.22. The predicted octanol–water partition coefficient (Wildman–Crippen LogP) is 4.46. The second kappa shape index (κ2) is 6.84. The molecule has 0 radical (unpaired) electrons. The van der Waals surface area contributed by atoms with Crippen molar-refractivity contribution in [1.29, 1.82) is 0 Å². The third-order valence-corrected chi connectivity index (χ3v) is 4.15. The zero-order valence-corrected chi connectivity index (χ0v) is 14.5. The number of aromatic hydroxyl groups is 1. The number of aromatic nitrogens is 1. The molecule has 2 aromatic heterocycles. The van der Waals surface area contributed by atoms with Gasteiger partial charge in [0.15, 0.2) is 0 Å². The number of carbonyl (C=O) groups excluding carboxylic acids is 1. The molecule has 4 rings (SSSR count). The molecule has 2 aromatic carbocycles. The number of nitrogens with one attached hydrogen (secondary N) is 1. The number of ether oxygens (including phenoxy) is 1. The minimum absolute atomic E-state index is 0.0353. The Bertz CT molecular complexity index is 1080. The van der Waals surface area contributed by atoms with Crippen LogP contribution in [0, 0.1) is 0 Å². The largest absolute Gasteiger partial charge is 0.508 e. The summed E-state index contributed by atoms with van der Waals surface area (Å²) in [5.41, 5.74) is 2.44. The first-order valence-electron chi connectivity index (χ1n) is 8.27. The molecule has 0 spiro atoms. The summed E-state index contributed by atoms with van der Waals surface area (Å²) in [4.78, 5) is 16.7. The molecule has 6 nitrogen and oxygen atoms in total. The van der Waals surface area contributed by atoms with Gasteiger partial charge in [0.1, 0.15) is 17.3 Å². The van der Waals surface area contributed by atoms with E-state index in [9.17, 15) is 9.90 Å². The van der Waals surface area contributed by atoms with Gasteiger partial charge in [-0.25, -0.2) is 4.98 Å². The van der Waals surface area contributed by atoms with Crippen LogP contribution in [0.5, 0.6) is 11.5 Å². The standard InChI is InChI=1S/C21H16N2O4/c1-26-19-12-16(24)8-9-17(19)20(25)23-15-6-4-13(5-7-15)18-11-14-3-2-10-22-21(14)27-18/h2-12,24H,1H3,(H,23,25). The molecule has 6 heteroatoms. The number of nitrogens with zero attached hydrogens (tertiary/aromatic N) is 1. The van der Waals surface area contributed by atoms with Crippen LogP contribution in [-0.4, -0.2) is 23.1 Å². The molecule has 0 fully saturated rings. The number of phenols is 1. The van der Waals surface area contributed by atoms with Gasteiger partial charge in [0.25, 0.3) is 5.91 Å². The molecule has 2 N–H and O–H groups in total. The molecule has 134 valence electrons. The number of furan rings is 1. The van der Waals surface area contributed by atoms with Crippen LogP contribution in [0.15, 0.2) is 71.3 Å². The summed E-state index contributed by atoms with van der Waals surface area (Å²) < 4.78 is 10.9. The van der Waals surface area contributed by atoms with Gasteiger partial charge in [0, 0.05) is 28.9 Å². The number of phenolic OH excluding ortho intramolecular Hbond substituents is 1. The summed E-state index contributed by atoms with van der Waals surface area (Å²) in [6, 6.07) is 17.4. The number of hydrogen-bond acceptors (Lipinski definition) is 5. The first-order valence-corrected chi connectivity index (χ1v) is 8.27. The maximum Gasteiger partial charge on any atom is 0.259 e. The molecule has 4 aromatic rings. The number of rotatable bonds is 4. The summed E-state index contributed by atoms with van der Waals surface area (Å²) in [5.74, 6) is 0.723. The van der Waals surface area contributed by atoms with E-state index < -0.39 is 0 Å². The van der Waals surface area contributed by atoms with E-state index in [2.05, 4.69) is 10.3 Å². The molecule has 2 heterocycles. The lowest BCUT2D eigenvalue weighted by atomic mass is 10.1. The SMILES string of the molecule is COc1cc(O)ccc1C(=O)Nc1ccc(-c2cc3cccnc3o2)cc1.